The van der Waals surface area contributed by atoms with Gasteiger partial charge in [-0.15, -0.1) is 0 Å². The number of hydrogen-bond acceptors (Lipinski definition) is 11. The summed E-state index contributed by atoms with van der Waals surface area (Å²) < 4.78 is 58.7. The number of piperidine rings is 3. The van der Waals surface area contributed by atoms with Crippen molar-refractivity contribution >= 4 is 62.1 Å². The zero-order valence-corrected chi connectivity index (χ0v) is 35.0. The minimum atomic E-state index is -4.15. The van der Waals surface area contributed by atoms with Crippen LogP contribution >= 0.6 is 0 Å². The molecule has 19 heteroatoms. The Hall–Kier alpha value is -6.34. The fourth-order valence-corrected chi connectivity index (χ4v) is 9.18. The maximum Gasteiger partial charge on any atom is 0.301 e. The quantitative estimate of drug-likeness (QED) is 0.0974. The summed E-state index contributed by atoms with van der Waals surface area (Å²) in [5, 5.41) is 5.87. The Balaban J connectivity index is 0.855. The Morgan fingerprint density at radius 3 is 2.27 bits per heavy atom. The number of halogens is 2. The third kappa shape index (κ3) is 8.72. The van der Waals surface area contributed by atoms with Gasteiger partial charge in [0.1, 0.15) is 17.5 Å². The monoisotopic (exact) mass is 868 g/mol. The predicted octanol–water partition coefficient (Wildman–Crippen LogP) is 4.98. The topological polar surface area (TPSA) is 203 Å². The van der Waals surface area contributed by atoms with Crippen molar-refractivity contribution in [2.75, 3.05) is 54.7 Å². The lowest BCUT2D eigenvalue weighted by Crippen LogP contribution is -2.47. The first kappa shape index (κ1) is 42.4. The van der Waals surface area contributed by atoms with Crippen LogP contribution in [0.15, 0.2) is 67.3 Å². The van der Waals surface area contributed by atoms with Crippen molar-refractivity contribution in [1.29, 1.82) is 0 Å². The molecule has 0 saturated carbocycles. The summed E-state index contributed by atoms with van der Waals surface area (Å²) in [6.07, 6.45) is 9.97. The van der Waals surface area contributed by atoms with Crippen LogP contribution in [0.5, 0.6) is 0 Å². The van der Waals surface area contributed by atoms with Gasteiger partial charge in [0.25, 0.3) is 0 Å². The molecule has 0 bridgehead atoms. The number of nitrogens with one attached hydrogen (secondary N) is 4. The number of carbonyl (C=O) groups excluding carboxylic acids is 4. The molecule has 3 aromatic heterocycles. The average Bonchev–Trinajstić information content (AvgIpc) is 3.72. The fourth-order valence-electron chi connectivity index (χ4n) is 8.25. The molecule has 0 radical (unpaired) electrons. The van der Waals surface area contributed by atoms with Crippen molar-refractivity contribution in [3.63, 3.8) is 0 Å². The number of likely N-dealkylation sites (tertiary alicyclic amines) is 1. The van der Waals surface area contributed by atoms with E-state index >= 15 is 8.78 Å². The number of pyridine rings is 1. The molecule has 4 N–H and O–H groups in total. The average molecular weight is 869 g/mol. The molecule has 62 heavy (non-hydrogen) atoms. The van der Waals surface area contributed by atoms with E-state index in [1.54, 1.807) is 31.6 Å². The third-order valence-electron chi connectivity index (χ3n) is 12.1. The van der Waals surface area contributed by atoms with Crippen LogP contribution in [0.25, 0.3) is 22.2 Å². The molecule has 6 heterocycles. The SMILES string of the molecule is CCN(C)S(=O)(=O)Nc1ccc(F)c(C(=O)c2c[nH]c3ncc(-c4cnc(N5CCC(C(=O)N6CCC(c7ccc(NC8CCC(=O)NC8=O)cc7)CC6)CC5)nc4)cc23)c1F. The predicted molar refractivity (Wildman–Crippen MR) is 227 cm³/mol. The number of nitrogens with zero attached hydrogens (tertiary/aromatic N) is 6. The van der Waals surface area contributed by atoms with Crippen LogP contribution in [-0.4, -0.2) is 107 Å². The molecule has 0 spiro atoms. The van der Waals surface area contributed by atoms with E-state index in [0.717, 1.165) is 35.0 Å². The minimum absolute atomic E-state index is 0.0648. The summed E-state index contributed by atoms with van der Waals surface area (Å²) in [6.45, 7) is 4.28. The Kier molecular flexibility index (Phi) is 12.0. The smallest absolute Gasteiger partial charge is 0.301 e. The van der Waals surface area contributed by atoms with E-state index in [0.29, 0.717) is 85.9 Å². The largest absolute Gasteiger partial charge is 0.374 e. The highest BCUT2D eigenvalue weighted by atomic mass is 32.2. The van der Waals surface area contributed by atoms with Gasteiger partial charge >= 0.3 is 10.2 Å². The zero-order chi connectivity index (χ0) is 43.7. The molecule has 1 unspecified atom stereocenters. The molecular formula is C43H46F2N10O6S. The lowest BCUT2D eigenvalue weighted by Gasteiger charge is -2.37. The van der Waals surface area contributed by atoms with Crippen LogP contribution in [0.2, 0.25) is 0 Å². The van der Waals surface area contributed by atoms with E-state index in [2.05, 4.69) is 47.4 Å². The van der Waals surface area contributed by atoms with Gasteiger partial charge in [-0.2, -0.15) is 12.7 Å². The van der Waals surface area contributed by atoms with Crippen molar-refractivity contribution in [3.05, 3.63) is 95.6 Å². The van der Waals surface area contributed by atoms with Crippen LogP contribution < -0.4 is 20.3 Å². The molecule has 3 aliphatic heterocycles. The summed E-state index contributed by atoms with van der Waals surface area (Å²) >= 11 is 0. The standard InChI is InChI=1S/C43H46F2N10O6S/c1-3-53(2)62(60,61)52-34-9-8-33(44)37(38(34)45)39(57)32-24-47-40-31(32)20-28(21-46-40)29-22-48-43(49-23-29)55-18-14-27(15-19-55)42(59)54-16-12-26(13-17-54)25-4-6-30(7-5-25)50-35-10-11-36(56)51-41(35)58/h4-9,20-24,26-27,35,50,52H,3,10-19H2,1-2H3,(H,46,47)(H,51,56,58). The third-order valence-corrected chi connectivity index (χ3v) is 13.6. The second kappa shape index (κ2) is 17.6. The van der Waals surface area contributed by atoms with Crippen LogP contribution in [0, 0.1) is 17.6 Å². The van der Waals surface area contributed by atoms with E-state index in [1.165, 1.54) is 18.8 Å². The normalized spacial score (nSPS) is 18.0. The molecule has 5 aromatic rings. The van der Waals surface area contributed by atoms with Gasteiger partial charge in [0.15, 0.2) is 5.82 Å². The van der Waals surface area contributed by atoms with Gasteiger partial charge in [-0.05, 0) is 73.9 Å². The van der Waals surface area contributed by atoms with Gasteiger partial charge in [-0.3, -0.25) is 29.2 Å². The number of benzene rings is 2. The summed E-state index contributed by atoms with van der Waals surface area (Å²) in [6, 6.07) is 11.0. The molecular weight excluding hydrogens is 823 g/mol. The molecule has 3 aliphatic rings. The van der Waals surface area contributed by atoms with Crippen LogP contribution in [0.1, 0.15) is 72.9 Å². The summed E-state index contributed by atoms with van der Waals surface area (Å²) in [7, 11) is -2.86. The highest BCUT2D eigenvalue weighted by Gasteiger charge is 2.33. The molecule has 0 aliphatic carbocycles. The first-order chi connectivity index (χ1) is 29.8. The molecule has 3 saturated heterocycles. The van der Waals surface area contributed by atoms with Gasteiger partial charge in [0, 0.05) is 105 Å². The van der Waals surface area contributed by atoms with Crippen molar-refractivity contribution in [1.82, 2.24) is 34.5 Å². The number of ketones is 1. The Labute approximate surface area is 356 Å². The molecule has 16 nitrogen and oxygen atoms in total. The maximum atomic E-state index is 15.6. The summed E-state index contributed by atoms with van der Waals surface area (Å²) in [4.78, 5) is 71.3. The number of imide groups is 1. The van der Waals surface area contributed by atoms with E-state index in [4.69, 9.17) is 0 Å². The van der Waals surface area contributed by atoms with E-state index < -0.39 is 44.9 Å². The molecule has 8 rings (SSSR count). The van der Waals surface area contributed by atoms with E-state index in [1.807, 2.05) is 21.9 Å². The number of amides is 3. The molecule has 1 atom stereocenters. The number of aromatic nitrogens is 4. The molecule has 324 valence electrons. The van der Waals surface area contributed by atoms with Gasteiger partial charge in [0.05, 0.1) is 11.3 Å². The molecule has 3 amide bonds. The number of carbonyl (C=O) groups is 4. The lowest BCUT2D eigenvalue weighted by atomic mass is 9.88. The van der Waals surface area contributed by atoms with Gasteiger partial charge in [-0.25, -0.2) is 23.7 Å². The van der Waals surface area contributed by atoms with E-state index in [9.17, 15) is 27.6 Å². The van der Waals surface area contributed by atoms with Crippen molar-refractivity contribution in [3.8, 4) is 11.1 Å². The Morgan fingerprint density at radius 1 is 0.903 bits per heavy atom. The number of rotatable bonds is 12. The first-order valence-corrected chi connectivity index (χ1v) is 22.0. The number of hydrogen-bond donors (Lipinski definition) is 4. The summed E-state index contributed by atoms with van der Waals surface area (Å²) in [5.41, 5.74) is 1.91. The van der Waals surface area contributed by atoms with Gasteiger partial charge < -0.3 is 20.1 Å². The van der Waals surface area contributed by atoms with Crippen molar-refractivity contribution < 1.29 is 36.4 Å². The number of fused-ring (bicyclic) bond motifs is 1. The highest BCUT2D eigenvalue weighted by molar-refractivity contribution is 7.90. The molecule has 2 aromatic carbocycles. The summed E-state index contributed by atoms with van der Waals surface area (Å²) in [5.74, 6) is -3.12. The van der Waals surface area contributed by atoms with E-state index in [-0.39, 0.29) is 35.7 Å². The van der Waals surface area contributed by atoms with Crippen LogP contribution in [0.3, 0.4) is 0 Å². The van der Waals surface area contributed by atoms with Gasteiger partial charge in [0.2, 0.25) is 29.5 Å². The minimum Gasteiger partial charge on any atom is -0.374 e. The Morgan fingerprint density at radius 2 is 1.60 bits per heavy atom. The second-order valence-electron chi connectivity index (χ2n) is 15.9. The molecule has 3 fully saturated rings. The Bertz CT molecular complexity index is 2630. The van der Waals surface area contributed by atoms with Crippen LogP contribution in [0.4, 0.5) is 26.1 Å². The fraction of sp³-hybridized carbons (Fsp3) is 0.372. The highest BCUT2D eigenvalue weighted by Crippen LogP contribution is 2.33. The number of H-pyrrole nitrogens is 1. The van der Waals surface area contributed by atoms with Crippen LogP contribution in [-0.2, 0) is 24.6 Å². The number of aromatic amines is 1. The lowest BCUT2D eigenvalue weighted by molar-refractivity contribution is -0.137. The first-order valence-electron chi connectivity index (χ1n) is 20.6. The zero-order valence-electron chi connectivity index (χ0n) is 34.2. The van der Waals surface area contributed by atoms with Gasteiger partial charge in [-0.1, -0.05) is 19.1 Å². The van der Waals surface area contributed by atoms with Crippen molar-refractivity contribution in [2.45, 2.75) is 57.4 Å². The van der Waals surface area contributed by atoms with Crippen molar-refractivity contribution in [2.24, 2.45) is 5.92 Å². The second-order valence-corrected chi connectivity index (χ2v) is 17.6. The number of anilines is 3. The maximum absolute atomic E-state index is 15.6.